The molecule has 9 nitrogen and oxygen atoms in total. The maximum Gasteiger partial charge on any atom is 0.237 e. The van der Waals surface area contributed by atoms with E-state index in [0.29, 0.717) is 36.2 Å². The third kappa shape index (κ3) is 5.95. The number of hydrazine groups is 1. The molecule has 10 heteroatoms. The average Bonchev–Trinajstić information content (AvgIpc) is 3.41. The van der Waals surface area contributed by atoms with E-state index in [1.807, 2.05) is 16.7 Å². The molecule has 0 aromatic rings. The van der Waals surface area contributed by atoms with Gasteiger partial charge in [0, 0.05) is 36.3 Å². The van der Waals surface area contributed by atoms with Gasteiger partial charge in [-0.15, -0.1) is 11.8 Å². The van der Waals surface area contributed by atoms with Crippen molar-refractivity contribution in [1.29, 1.82) is 0 Å². The number of nitrogens with zero attached hydrogens (tertiary/aromatic N) is 2. The summed E-state index contributed by atoms with van der Waals surface area (Å²) in [6.07, 6.45) is 6.72. The highest BCUT2D eigenvalue weighted by atomic mass is 32.2. The lowest BCUT2D eigenvalue weighted by Gasteiger charge is -2.36. The Kier molecular flexibility index (Phi) is 8.33. The Morgan fingerprint density at radius 3 is 2.75 bits per heavy atom. The topological polar surface area (TPSA) is 115 Å². The summed E-state index contributed by atoms with van der Waals surface area (Å²) in [6, 6.07) is 0.0513. The zero-order valence-corrected chi connectivity index (χ0v) is 20.3. The Labute approximate surface area is 196 Å². The fourth-order valence-corrected chi connectivity index (χ4v) is 6.89. The molecule has 5 unspecified atom stereocenters. The number of carbonyl (C=O) groups excluding carboxylic acids is 2. The van der Waals surface area contributed by atoms with Crippen molar-refractivity contribution in [3.8, 4) is 0 Å². The molecule has 182 valence electrons. The number of carbonyl (C=O) groups is 2. The van der Waals surface area contributed by atoms with E-state index in [2.05, 4.69) is 40.4 Å². The van der Waals surface area contributed by atoms with Gasteiger partial charge in [0.1, 0.15) is 5.50 Å². The smallest absolute Gasteiger partial charge is 0.237 e. The summed E-state index contributed by atoms with van der Waals surface area (Å²) in [5.41, 5.74) is 12.8. The fourth-order valence-electron chi connectivity index (χ4n) is 5.58. The van der Waals surface area contributed by atoms with Gasteiger partial charge < -0.3 is 21.3 Å². The van der Waals surface area contributed by atoms with Crippen molar-refractivity contribution < 1.29 is 9.59 Å². The van der Waals surface area contributed by atoms with Gasteiger partial charge in [0.15, 0.2) is 0 Å². The predicted molar refractivity (Wildman–Crippen MR) is 127 cm³/mol. The molecule has 0 radical (unpaired) electrons. The molecule has 7 atom stereocenters. The average molecular weight is 468 g/mol. The van der Waals surface area contributed by atoms with Gasteiger partial charge in [-0.3, -0.25) is 14.5 Å². The predicted octanol–water partition coefficient (Wildman–Crippen LogP) is -0.00840. The van der Waals surface area contributed by atoms with Gasteiger partial charge in [-0.1, -0.05) is 13.3 Å². The Morgan fingerprint density at radius 2 is 2.03 bits per heavy atom. The van der Waals surface area contributed by atoms with Crippen LogP contribution in [0.4, 0.5) is 0 Å². The zero-order chi connectivity index (χ0) is 22.7. The largest absolute Gasteiger partial charge is 0.352 e. The van der Waals surface area contributed by atoms with E-state index in [0.717, 1.165) is 45.3 Å². The number of rotatable bonds is 6. The molecular weight excluding hydrogens is 426 g/mol. The quantitative estimate of drug-likeness (QED) is 0.371. The van der Waals surface area contributed by atoms with Gasteiger partial charge in [-0.05, 0) is 58.0 Å². The molecule has 0 aromatic carbocycles. The molecule has 3 aliphatic heterocycles. The van der Waals surface area contributed by atoms with Crippen LogP contribution in [0.3, 0.4) is 0 Å². The lowest BCUT2D eigenvalue weighted by atomic mass is 9.83. The Bertz CT molecular complexity index is 668. The summed E-state index contributed by atoms with van der Waals surface area (Å²) in [5, 5.41) is 7.19. The summed E-state index contributed by atoms with van der Waals surface area (Å²) in [5.74, 6) is 0.772. The van der Waals surface area contributed by atoms with E-state index in [1.54, 1.807) is 0 Å². The van der Waals surface area contributed by atoms with Crippen LogP contribution in [0.15, 0.2) is 0 Å². The SMILES string of the molecule is C[C@H](SC1NNCN1C)C1CCCC(NC(=O)C2CC(C(=O)N3CC[C@H](N)C3)CCN2)C1. The lowest BCUT2D eigenvalue weighted by Crippen LogP contribution is -2.54. The van der Waals surface area contributed by atoms with Crippen molar-refractivity contribution in [2.45, 2.75) is 80.7 Å². The van der Waals surface area contributed by atoms with Crippen molar-refractivity contribution in [3.63, 3.8) is 0 Å². The van der Waals surface area contributed by atoms with Gasteiger partial charge in [-0.2, -0.15) is 0 Å². The van der Waals surface area contributed by atoms with Crippen molar-refractivity contribution in [2.75, 3.05) is 33.4 Å². The summed E-state index contributed by atoms with van der Waals surface area (Å²) >= 11 is 1.96. The minimum absolute atomic E-state index is 0.0629. The highest BCUT2D eigenvalue weighted by Gasteiger charge is 2.36. The number of piperidine rings is 1. The zero-order valence-electron chi connectivity index (χ0n) is 19.5. The molecule has 6 N–H and O–H groups in total. The number of hydrogen-bond donors (Lipinski definition) is 5. The highest BCUT2D eigenvalue weighted by molar-refractivity contribution is 8.00. The first kappa shape index (κ1) is 24.2. The van der Waals surface area contributed by atoms with Crippen LogP contribution in [-0.2, 0) is 9.59 Å². The Hall–Kier alpha value is -0.910. The normalized spacial score (nSPS) is 37.4. The Balaban J connectivity index is 1.25. The molecule has 2 amide bonds. The summed E-state index contributed by atoms with van der Waals surface area (Å²) in [4.78, 5) is 30.1. The van der Waals surface area contributed by atoms with Crippen molar-refractivity contribution in [3.05, 3.63) is 0 Å². The number of likely N-dealkylation sites (tertiary alicyclic amines) is 1. The highest BCUT2D eigenvalue weighted by Crippen LogP contribution is 2.35. The maximum absolute atomic E-state index is 13.1. The van der Waals surface area contributed by atoms with Crippen LogP contribution in [0.25, 0.3) is 0 Å². The van der Waals surface area contributed by atoms with E-state index in [9.17, 15) is 9.59 Å². The number of thioether (sulfide) groups is 1. The number of nitrogens with one attached hydrogen (secondary N) is 4. The minimum Gasteiger partial charge on any atom is -0.352 e. The molecule has 0 spiro atoms. The van der Waals surface area contributed by atoms with Gasteiger partial charge in [0.2, 0.25) is 11.8 Å². The van der Waals surface area contributed by atoms with Crippen molar-refractivity contribution in [2.24, 2.45) is 17.6 Å². The number of amides is 2. The second-order valence-electron chi connectivity index (χ2n) is 10.1. The first-order valence-electron chi connectivity index (χ1n) is 12.3. The van der Waals surface area contributed by atoms with E-state index in [1.165, 1.54) is 6.42 Å². The molecule has 3 saturated heterocycles. The molecule has 1 aliphatic carbocycles. The number of hydrogen-bond acceptors (Lipinski definition) is 8. The Morgan fingerprint density at radius 1 is 1.19 bits per heavy atom. The number of nitrogens with two attached hydrogens (primary N) is 1. The third-order valence-electron chi connectivity index (χ3n) is 7.63. The van der Waals surface area contributed by atoms with Crippen molar-refractivity contribution in [1.82, 2.24) is 31.3 Å². The van der Waals surface area contributed by atoms with Crippen LogP contribution in [-0.4, -0.2) is 83.8 Å². The molecule has 4 aliphatic rings. The fraction of sp³-hybridized carbons (Fsp3) is 0.909. The third-order valence-corrected chi connectivity index (χ3v) is 9.18. The minimum atomic E-state index is -0.274. The first-order chi connectivity index (χ1) is 15.4. The molecule has 0 bridgehead atoms. The monoisotopic (exact) mass is 467 g/mol. The summed E-state index contributed by atoms with van der Waals surface area (Å²) in [7, 11) is 2.12. The van der Waals surface area contributed by atoms with E-state index < -0.39 is 0 Å². The van der Waals surface area contributed by atoms with E-state index in [4.69, 9.17) is 5.73 Å². The standard InChI is InChI=1S/C22H41N7O2S/c1-14(32-22-27-25-13-28(22)2)15-4-3-5-18(10-15)26-20(30)19-11-16(6-8-24-19)21(31)29-9-7-17(23)12-29/h14-19,22,24-25,27H,3-13,23H2,1-2H3,(H,26,30)/t14-,15?,16?,17-,18?,19?,22?/m0/s1. The van der Waals surface area contributed by atoms with Crippen molar-refractivity contribution >= 4 is 23.6 Å². The van der Waals surface area contributed by atoms with Crippen LogP contribution in [0.2, 0.25) is 0 Å². The van der Waals surface area contributed by atoms with Crippen LogP contribution in [0.5, 0.6) is 0 Å². The molecule has 4 rings (SSSR count). The molecule has 1 saturated carbocycles. The molecule has 32 heavy (non-hydrogen) atoms. The van der Waals surface area contributed by atoms with Gasteiger partial charge in [-0.25, -0.2) is 10.9 Å². The summed E-state index contributed by atoms with van der Waals surface area (Å²) < 4.78 is 0. The van der Waals surface area contributed by atoms with Crippen LogP contribution >= 0.6 is 11.8 Å². The van der Waals surface area contributed by atoms with E-state index >= 15 is 0 Å². The second-order valence-corrected chi connectivity index (χ2v) is 11.6. The van der Waals surface area contributed by atoms with Gasteiger partial charge >= 0.3 is 0 Å². The van der Waals surface area contributed by atoms with Gasteiger partial charge in [0.05, 0.1) is 12.7 Å². The second kappa shape index (κ2) is 11.0. The molecule has 3 heterocycles. The van der Waals surface area contributed by atoms with Crippen LogP contribution < -0.4 is 27.2 Å². The molecule has 4 fully saturated rings. The van der Waals surface area contributed by atoms with Crippen LogP contribution in [0.1, 0.15) is 51.9 Å². The molecular formula is C22H41N7O2S. The van der Waals surface area contributed by atoms with Crippen LogP contribution in [0, 0.1) is 11.8 Å². The maximum atomic E-state index is 13.1. The lowest BCUT2D eigenvalue weighted by molar-refractivity contribution is -0.136. The first-order valence-corrected chi connectivity index (χ1v) is 13.3. The molecule has 0 aromatic heterocycles. The van der Waals surface area contributed by atoms with Gasteiger partial charge in [0.25, 0.3) is 0 Å². The van der Waals surface area contributed by atoms with E-state index in [-0.39, 0.29) is 35.9 Å². The summed E-state index contributed by atoms with van der Waals surface area (Å²) in [6.45, 7) is 5.29.